The van der Waals surface area contributed by atoms with E-state index in [4.69, 9.17) is 0 Å². The van der Waals surface area contributed by atoms with Gasteiger partial charge in [0, 0.05) is 11.6 Å². The van der Waals surface area contributed by atoms with Gasteiger partial charge in [0.25, 0.3) is 5.91 Å². The Kier molecular flexibility index (Phi) is 6.27. The summed E-state index contributed by atoms with van der Waals surface area (Å²) >= 11 is 0. The first-order valence-electron chi connectivity index (χ1n) is 14.6. The van der Waals surface area contributed by atoms with E-state index in [1.165, 1.54) is 62.4 Å². The van der Waals surface area contributed by atoms with E-state index in [1.54, 1.807) is 0 Å². The largest absolute Gasteiger partial charge is 0.321 e. The maximum atomic E-state index is 13.6. The first-order valence-corrected chi connectivity index (χ1v) is 14.6. The third-order valence-electron chi connectivity index (χ3n) is 11.4. The van der Waals surface area contributed by atoms with E-state index in [1.807, 2.05) is 30.3 Å². The third kappa shape index (κ3) is 4.24. The van der Waals surface area contributed by atoms with Crippen LogP contribution in [0, 0.1) is 46.3 Å². The summed E-state index contributed by atoms with van der Waals surface area (Å²) in [7, 11) is 0. The Hall–Kier alpha value is -2.50. The zero-order valence-electron chi connectivity index (χ0n) is 22.7. The average molecular weight is 503 g/mol. The van der Waals surface area contributed by atoms with Crippen LogP contribution in [0.2, 0.25) is 0 Å². The minimum absolute atomic E-state index is 0.0722. The number of benzene rings is 1. The molecule has 0 spiro atoms. The number of amides is 1. The SMILES string of the molecule is CC1CCC2(C)C(CCC3C2CCC2(C)C(C(=O)Cn4ncc(C(=O)Nc5ccccc5)n4)CCC32)C1. The molecule has 2 aromatic rings. The lowest BCUT2D eigenvalue weighted by Crippen LogP contribution is -2.53. The number of nitrogens with zero attached hydrogens (tertiary/aromatic N) is 3. The van der Waals surface area contributed by atoms with Gasteiger partial charge in [-0.25, -0.2) is 0 Å². The fourth-order valence-corrected chi connectivity index (χ4v) is 9.45. The molecule has 1 aromatic heterocycles. The summed E-state index contributed by atoms with van der Waals surface area (Å²) < 4.78 is 0. The molecule has 0 aliphatic heterocycles. The topological polar surface area (TPSA) is 76.9 Å². The van der Waals surface area contributed by atoms with Crippen molar-refractivity contribution in [2.75, 3.05) is 5.32 Å². The van der Waals surface area contributed by atoms with Crippen LogP contribution in [0.25, 0.3) is 0 Å². The van der Waals surface area contributed by atoms with E-state index in [0.29, 0.717) is 17.0 Å². The van der Waals surface area contributed by atoms with E-state index in [-0.39, 0.29) is 35.3 Å². The van der Waals surface area contributed by atoms with Crippen LogP contribution in [0.3, 0.4) is 0 Å². The summed E-state index contributed by atoms with van der Waals surface area (Å²) in [6.07, 6.45) is 13.0. The molecule has 1 aromatic carbocycles. The van der Waals surface area contributed by atoms with Crippen LogP contribution in [0.5, 0.6) is 0 Å². The molecule has 4 aliphatic carbocycles. The minimum Gasteiger partial charge on any atom is -0.321 e. The zero-order chi connectivity index (χ0) is 25.8. The number of hydrogen-bond donors (Lipinski definition) is 1. The van der Waals surface area contributed by atoms with Gasteiger partial charge < -0.3 is 5.32 Å². The second-order valence-corrected chi connectivity index (χ2v) is 13.3. The van der Waals surface area contributed by atoms with Crippen molar-refractivity contribution in [3.63, 3.8) is 0 Å². The highest BCUT2D eigenvalue weighted by Gasteiger charge is 2.60. The molecular formula is C31H42N4O2. The van der Waals surface area contributed by atoms with Crippen LogP contribution in [-0.2, 0) is 11.3 Å². The Balaban J connectivity index is 1.12. The quantitative estimate of drug-likeness (QED) is 0.514. The summed E-state index contributed by atoms with van der Waals surface area (Å²) in [5, 5.41) is 11.4. The van der Waals surface area contributed by atoms with Crippen LogP contribution in [-0.4, -0.2) is 26.7 Å². The lowest BCUT2D eigenvalue weighted by molar-refractivity contribution is -0.137. The Labute approximate surface area is 221 Å². The van der Waals surface area contributed by atoms with Gasteiger partial charge in [0.05, 0.1) is 6.20 Å². The maximum Gasteiger partial charge on any atom is 0.277 e. The molecule has 4 aliphatic rings. The van der Waals surface area contributed by atoms with Crippen LogP contribution < -0.4 is 5.32 Å². The second kappa shape index (κ2) is 9.36. The number of rotatable bonds is 5. The van der Waals surface area contributed by atoms with E-state index in [0.717, 1.165) is 30.1 Å². The number of ketones is 1. The number of aromatic nitrogens is 3. The van der Waals surface area contributed by atoms with Gasteiger partial charge in [0.15, 0.2) is 11.5 Å². The normalized spacial score (nSPS) is 38.8. The molecule has 0 saturated heterocycles. The molecule has 0 bridgehead atoms. The summed E-state index contributed by atoms with van der Waals surface area (Å²) in [4.78, 5) is 27.6. The molecule has 4 saturated carbocycles. The van der Waals surface area contributed by atoms with Crippen molar-refractivity contribution in [1.29, 1.82) is 0 Å². The van der Waals surface area contributed by atoms with E-state index in [9.17, 15) is 9.59 Å². The molecule has 6 rings (SSSR count). The lowest BCUT2D eigenvalue weighted by Gasteiger charge is -2.61. The number of para-hydroxylation sites is 1. The molecule has 1 N–H and O–H groups in total. The Morgan fingerprint density at radius 2 is 1.73 bits per heavy atom. The van der Waals surface area contributed by atoms with E-state index < -0.39 is 0 Å². The predicted octanol–water partition coefficient (Wildman–Crippen LogP) is 6.39. The highest BCUT2D eigenvalue weighted by molar-refractivity contribution is 6.02. The van der Waals surface area contributed by atoms with Crippen molar-refractivity contribution in [3.8, 4) is 0 Å². The van der Waals surface area contributed by atoms with Crippen molar-refractivity contribution in [2.24, 2.45) is 46.3 Å². The van der Waals surface area contributed by atoms with Crippen molar-refractivity contribution >= 4 is 17.4 Å². The van der Waals surface area contributed by atoms with E-state index >= 15 is 0 Å². The number of anilines is 1. The van der Waals surface area contributed by atoms with Crippen molar-refractivity contribution in [3.05, 3.63) is 42.2 Å². The van der Waals surface area contributed by atoms with Crippen molar-refractivity contribution in [2.45, 2.75) is 85.1 Å². The molecule has 1 amide bonds. The Morgan fingerprint density at radius 3 is 2.54 bits per heavy atom. The maximum absolute atomic E-state index is 13.6. The minimum atomic E-state index is -0.308. The summed E-state index contributed by atoms with van der Waals surface area (Å²) in [5.74, 6) is 4.07. The molecule has 8 unspecified atom stereocenters. The standard InChI is InChI=1S/C31H42N4O2/c1-20-13-15-30(2)21(17-20)9-10-23-24-11-12-26(31(24,3)16-14-25(23)30)28(36)19-35-32-18-27(34-35)29(37)33-22-7-5-4-6-8-22/h4-8,18,20-21,23-26H,9-17,19H2,1-3H3,(H,33,37). The molecular weight excluding hydrogens is 460 g/mol. The van der Waals surface area contributed by atoms with E-state index in [2.05, 4.69) is 36.3 Å². The Morgan fingerprint density at radius 1 is 0.973 bits per heavy atom. The fraction of sp³-hybridized carbons (Fsp3) is 0.677. The van der Waals surface area contributed by atoms with Gasteiger partial charge in [0.1, 0.15) is 6.54 Å². The van der Waals surface area contributed by atoms with Crippen LogP contribution in [0.4, 0.5) is 5.69 Å². The lowest BCUT2D eigenvalue weighted by atomic mass is 9.44. The highest BCUT2D eigenvalue weighted by Crippen LogP contribution is 2.67. The summed E-state index contributed by atoms with van der Waals surface area (Å²) in [5.41, 5.74) is 1.54. The summed E-state index contributed by atoms with van der Waals surface area (Å²) in [6, 6.07) is 9.31. The molecule has 37 heavy (non-hydrogen) atoms. The number of Topliss-reactive ketones (excluding diaryl/α,β-unsaturated/α-hetero) is 1. The number of carbonyl (C=O) groups excluding carboxylic acids is 2. The number of nitrogens with one attached hydrogen (secondary N) is 1. The molecule has 4 fully saturated rings. The average Bonchev–Trinajstić information content (AvgIpc) is 3.49. The predicted molar refractivity (Wildman–Crippen MR) is 144 cm³/mol. The van der Waals surface area contributed by atoms with Gasteiger partial charge in [-0.2, -0.15) is 9.90 Å². The van der Waals surface area contributed by atoms with Gasteiger partial charge in [-0.3, -0.25) is 9.59 Å². The monoisotopic (exact) mass is 502 g/mol. The first-order chi connectivity index (χ1) is 17.8. The van der Waals surface area contributed by atoms with Crippen molar-refractivity contribution in [1.82, 2.24) is 15.0 Å². The second-order valence-electron chi connectivity index (χ2n) is 13.3. The van der Waals surface area contributed by atoms with Gasteiger partial charge in [-0.15, -0.1) is 5.10 Å². The zero-order valence-corrected chi connectivity index (χ0v) is 22.7. The van der Waals surface area contributed by atoms with Gasteiger partial charge in [0.2, 0.25) is 0 Å². The van der Waals surface area contributed by atoms with Crippen LogP contribution >= 0.6 is 0 Å². The highest BCUT2D eigenvalue weighted by atomic mass is 16.2. The molecule has 6 nitrogen and oxygen atoms in total. The molecule has 0 radical (unpaired) electrons. The van der Waals surface area contributed by atoms with Crippen LogP contribution in [0.1, 0.15) is 89.0 Å². The molecule has 8 atom stereocenters. The number of fused-ring (bicyclic) bond motifs is 5. The smallest absolute Gasteiger partial charge is 0.277 e. The van der Waals surface area contributed by atoms with Gasteiger partial charge in [-0.05, 0) is 104 Å². The third-order valence-corrected chi connectivity index (χ3v) is 11.4. The van der Waals surface area contributed by atoms with Gasteiger partial charge >= 0.3 is 0 Å². The molecule has 1 heterocycles. The van der Waals surface area contributed by atoms with Gasteiger partial charge in [-0.1, -0.05) is 45.4 Å². The Bertz CT molecular complexity index is 1160. The fourth-order valence-electron chi connectivity index (χ4n) is 9.45. The first kappa shape index (κ1) is 24.8. The van der Waals surface area contributed by atoms with Crippen LogP contribution in [0.15, 0.2) is 36.5 Å². The van der Waals surface area contributed by atoms with Crippen molar-refractivity contribution < 1.29 is 9.59 Å². The molecule has 6 heteroatoms. The molecule has 198 valence electrons. The number of hydrogen-bond acceptors (Lipinski definition) is 4. The number of carbonyl (C=O) groups is 2. The summed E-state index contributed by atoms with van der Waals surface area (Å²) in [6.45, 7) is 7.63.